The lowest BCUT2D eigenvalue weighted by Gasteiger charge is -2.14. The van der Waals surface area contributed by atoms with Crippen molar-refractivity contribution in [2.24, 2.45) is 5.10 Å². The summed E-state index contributed by atoms with van der Waals surface area (Å²) in [6.45, 7) is -0.234. The zero-order valence-electron chi connectivity index (χ0n) is 18.3. The number of halogens is 3. The highest BCUT2D eigenvalue weighted by atomic mass is 19.4. The SMILES string of the molecule is N#Cc1cc(NC(=O)c2cnn(Cc3cccc4ncccc34)c2C(F)(F)F)cnc1N/N=C\C=N. The Balaban J connectivity index is 1.64. The van der Waals surface area contributed by atoms with Crippen LogP contribution in [0.4, 0.5) is 24.7 Å². The number of nitrogens with one attached hydrogen (secondary N) is 3. The molecule has 0 bridgehead atoms. The Bertz CT molecular complexity index is 1510. The molecule has 13 heteroatoms. The number of carbonyl (C=O) groups is 1. The number of anilines is 2. The third kappa shape index (κ3) is 5.02. The van der Waals surface area contributed by atoms with Crippen LogP contribution < -0.4 is 10.7 Å². The fourth-order valence-electron chi connectivity index (χ4n) is 3.48. The van der Waals surface area contributed by atoms with Crippen molar-refractivity contribution in [3.63, 3.8) is 0 Å². The van der Waals surface area contributed by atoms with Crippen LogP contribution in [0.5, 0.6) is 0 Å². The lowest BCUT2D eigenvalue weighted by molar-refractivity contribution is -0.144. The minimum atomic E-state index is -4.87. The summed E-state index contributed by atoms with van der Waals surface area (Å²) >= 11 is 0. The number of alkyl halides is 3. The van der Waals surface area contributed by atoms with Crippen molar-refractivity contribution in [3.8, 4) is 6.07 Å². The first-order chi connectivity index (χ1) is 17.3. The predicted octanol–water partition coefficient (Wildman–Crippen LogP) is 4.06. The van der Waals surface area contributed by atoms with E-state index in [4.69, 9.17) is 5.41 Å². The van der Waals surface area contributed by atoms with Crippen LogP contribution in [-0.4, -0.2) is 38.1 Å². The summed E-state index contributed by atoms with van der Waals surface area (Å²) in [7, 11) is 0. The molecule has 0 atom stereocenters. The first kappa shape index (κ1) is 24.0. The Labute approximate surface area is 201 Å². The maximum Gasteiger partial charge on any atom is 0.433 e. The zero-order chi connectivity index (χ0) is 25.7. The molecule has 0 saturated carbocycles. The molecule has 36 heavy (non-hydrogen) atoms. The average molecular weight is 491 g/mol. The van der Waals surface area contributed by atoms with E-state index < -0.39 is 23.3 Å². The summed E-state index contributed by atoms with van der Waals surface area (Å²) in [5.74, 6) is -1.02. The van der Waals surface area contributed by atoms with Gasteiger partial charge in [0.1, 0.15) is 6.07 Å². The number of pyridine rings is 2. The van der Waals surface area contributed by atoms with Gasteiger partial charge in [-0.15, -0.1) is 0 Å². The molecule has 0 unspecified atom stereocenters. The molecule has 4 aromatic rings. The molecule has 4 rings (SSSR count). The van der Waals surface area contributed by atoms with Gasteiger partial charge in [-0.25, -0.2) is 4.98 Å². The highest BCUT2D eigenvalue weighted by Gasteiger charge is 2.40. The summed E-state index contributed by atoms with van der Waals surface area (Å²) in [6, 6.07) is 11.6. The van der Waals surface area contributed by atoms with Gasteiger partial charge in [0, 0.05) is 17.8 Å². The predicted molar refractivity (Wildman–Crippen MR) is 126 cm³/mol. The van der Waals surface area contributed by atoms with E-state index in [2.05, 4.69) is 30.9 Å². The quantitative estimate of drug-likeness (QED) is 0.263. The number of benzene rings is 1. The van der Waals surface area contributed by atoms with Crippen molar-refractivity contribution in [1.29, 1.82) is 10.7 Å². The molecule has 1 amide bonds. The van der Waals surface area contributed by atoms with Crippen LogP contribution in [0.1, 0.15) is 27.2 Å². The monoisotopic (exact) mass is 491 g/mol. The van der Waals surface area contributed by atoms with Gasteiger partial charge in [0.25, 0.3) is 5.91 Å². The summed E-state index contributed by atoms with van der Waals surface area (Å²) in [4.78, 5) is 21.0. The zero-order valence-corrected chi connectivity index (χ0v) is 18.3. The van der Waals surface area contributed by atoms with Gasteiger partial charge in [0.15, 0.2) is 11.5 Å². The van der Waals surface area contributed by atoms with Crippen molar-refractivity contribution < 1.29 is 18.0 Å². The number of fused-ring (bicyclic) bond motifs is 1. The van der Waals surface area contributed by atoms with Crippen molar-refractivity contribution in [2.75, 3.05) is 10.7 Å². The molecule has 10 nitrogen and oxygen atoms in total. The molecule has 0 saturated heterocycles. The lowest BCUT2D eigenvalue weighted by Crippen LogP contribution is -2.21. The van der Waals surface area contributed by atoms with Crippen LogP contribution in [0.25, 0.3) is 10.9 Å². The second-order valence-electron chi connectivity index (χ2n) is 7.29. The van der Waals surface area contributed by atoms with Crippen LogP contribution in [0.2, 0.25) is 0 Å². The standard InChI is InChI=1S/C23H16F3N9O/c24-23(25,26)20-18(12-32-35(20)13-14-3-1-5-19-17(14)4-2-7-29-19)22(36)33-16-9-15(10-28)21(30-11-16)34-31-8-6-27/h1-9,11-12,27H,13H2,(H,30,34)(H,33,36)/b27-6?,31-8-. The molecule has 3 N–H and O–H groups in total. The Hall–Kier alpha value is -5.12. The molecule has 0 fully saturated rings. The van der Waals surface area contributed by atoms with E-state index in [9.17, 15) is 23.2 Å². The summed E-state index contributed by atoms with van der Waals surface area (Å²) in [5.41, 5.74) is 1.71. The van der Waals surface area contributed by atoms with Crippen molar-refractivity contribution in [3.05, 3.63) is 77.4 Å². The number of hydrazone groups is 1. The normalized spacial score (nSPS) is 11.4. The van der Waals surface area contributed by atoms with Gasteiger partial charge in [0.05, 0.1) is 47.5 Å². The molecule has 0 aliphatic carbocycles. The van der Waals surface area contributed by atoms with Crippen molar-refractivity contribution in [1.82, 2.24) is 19.7 Å². The maximum atomic E-state index is 14.0. The molecule has 0 radical (unpaired) electrons. The van der Waals surface area contributed by atoms with Gasteiger partial charge in [-0.2, -0.15) is 28.6 Å². The first-order valence-corrected chi connectivity index (χ1v) is 10.3. The Morgan fingerprint density at radius 3 is 2.81 bits per heavy atom. The Morgan fingerprint density at radius 2 is 2.06 bits per heavy atom. The third-order valence-corrected chi connectivity index (χ3v) is 4.99. The average Bonchev–Trinajstić information content (AvgIpc) is 3.29. The second kappa shape index (κ2) is 10.0. The van der Waals surface area contributed by atoms with Crippen LogP contribution >= 0.6 is 0 Å². The Morgan fingerprint density at radius 1 is 1.22 bits per heavy atom. The van der Waals surface area contributed by atoms with E-state index in [1.807, 2.05) is 6.07 Å². The van der Waals surface area contributed by atoms with E-state index in [1.54, 1.807) is 36.5 Å². The number of hydrogen-bond donors (Lipinski definition) is 3. The molecule has 3 heterocycles. The minimum Gasteiger partial charge on any atom is -0.320 e. The van der Waals surface area contributed by atoms with Gasteiger partial charge >= 0.3 is 6.18 Å². The van der Waals surface area contributed by atoms with E-state index in [-0.39, 0.29) is 23.6 Å². The highest BCUT2D eigenvalue weighted by Crippen LogP contribution is 2.33. The minimum absolute atomic E-state index is 0.000800. The van der Waals surface area contributed by atoms with Crippen molar-refractivity contribution >= 4 is 40.7 Å². The molecular weight excluding hydrogens is 475 g/mol. The van der Waals surface area contributed by atoms with Gasteiger partial charge < -0.3 is 10.7 Å². The summed E-state index contributed by atoms with van der Waals surface area (Å²) in [6.07, 6.45) is 0.738. The van der Waals surface area contributed by atoms with E-state index >= 15 is 0 Å². The number of rotatable bonds is 7. The lowest BCUT2D eigenvalue weighted by atomic mass is 10.1. The van der Waals surface area contributed by atoms with Crippen LogP contribution in [0.15, 0.2) is 60.1 Å². The van der Waals surface area contributed by atoms with Crippen LogP contribution in [0.3, 0.4) is 0 Å². The molecular formula is C23H16F3N9O. The second-order valence-corrected chi connectivity index (χ2v) is 7.29. The number of amides is 1. The summed E-state index contributed by atoms with van der Waals surface area (Å²) < 4.78 is 42.8. The van der Waals surface area contributed by atoms with Crippen LogP contribution in [0, 0.1) is 16.7 Å². The number of nitriles is 1. The van der Waals surface area contributed by atoms with Gasteiger partial charge in [-0.05, 0) is 23.8 Å². The van der Waals surface area contributed by atoms with Crippen LogP contribution in [-0.2, 0) is 12.7 Å². The van der Waals surface area contributed by atoms with E-state index in [0.717, 1.165) is 29.5 Å². The largest absolute Gasteiger partial charge is 0.433 e. The highest BCUT2D eigenvalue weighted by molar-refractivity contribution is 6.14. The maximum absolute atomic E-state index is 14.0. The van der Waals surface area contributed by atoms with E-state index in [0.29, 0.717) is 16.5 Å². The number of hydrogen-bond acceptors (Lipinski definition) is 8. The molecule has 180 valence electrons. The van der Waals surface area contributed by atoms with Gasteiger partial charge in [0.2, 0.25) is 0 Å². The smallest absolute Gasteiger partial charge is 0.320 e. The van der Waals surface area contributed by atoms with E-state index in [1.165, 1.54) is 6.07 Å². The fraction of sp³-hybridized carbons (Fsp3) is 0.0870. The van der Waals surface area contributed by atoms with Gasteiger partial charge in [-0.1, -0.05) is 18.2 Å². The summed E-state index contributed by atoms with van der Waals surface area (Å²) in [5, 5.41) is 26.7. The fourth-order valence-corrected chi connectivity index (χ4v) is 3.48. The molecule has 0 aliphatic heterocycles. The topological polar surface area (TPSA) is 145 Å². The molecule has 3 aromatic heterocycles. The van der Waals surface area contributed by atoms with Crippen molar-refractivity contribution in [2.45, 2.75) is 12.7 Å². The molecule has 0 spiro atoms. The Kier molecular flexibility index (Phi) is 6.68. The third-order valence-electron chi connectivity index (χ3n) is 4.99. The van der Waals surface area contributed by atoms with Gasteiger partial charge in [-0.3, -0.25) is 19.9 Å². The number of carbonyl (C=O) groups excluding carboxylic acids is 1. The molecule has 1 aromatic carbocycles. The number of aromatic nitrogens is 4. The first-order valence-electron chi connectivity index (χ1n) is 10.3. The number of nitrogens with zero attached hydrogens (tertiary/aromatic N) is 6. The molecule has 0 aliphatic rings.